The number of aryl methyl sites for hydroxylation is 1. The molecule has 0 saturated carbocycles. The molecule has 0 aliphatic carbocycles. The molecule has 1 aromatic heterocycles. The van der Waals surface area contributed by atoms with E-state index in [1.807, 2.05) is 31.5 Å². The second kappa shape index (κ2) is 5.17. The largest absolute Gasteiger partial charge is 0.322 e. The number of imidazole rings is 1. The molecule has 0 saturated heterocycles. The van der Waals surface area contributed by atoms with Gasteiger partial charge >= 0.3 is 0 Å². The molecule has 1 N–H and O–H groups in total. The summed E-state index contributed by atoms with van der Waals surface area (Å²) in [5.41, 5.74) is 0.824. The maximum atomic E-state index is 13.7. The molecule has 0 atom stereocenters. The summed E-state index contributed by atoms with van der Waals surface area (Å²) in [7, 11) is 0. The average molecular weight is 286 g/mol. The third kappa shape index (κ3) is 2.87. The van der Waals surface area contributed by atoms with E-state index in [4.69, 9.17) is 11.6 Å². The van der Waals surface area contributed by atoms with E-state index in [0.29, 0.717) is 5.95 Å². The number of nitrogens with zero attached hydrogens (tertiary/aromatic N) is 2. The Morgan fingerprint density at radius 2 is 2.00 bits per heavy atom. The summed E-state index contributed by atoms with van der Waals surface area (Å²) in [5, 5.41) is 2.80. The van der Waals surface area contributed by atoms with Crippen molar-refractivity contribution in [2.45, 2.75) is 26.8 Å². The Bertz CT molecular complexity index is 585. The molecule has 102 valence electrons. The molecule has 0 amide bonds. The van der Waals surface area contributed by atoms with Crippen LogP contribution in [-0.4, -0.2) is 9.55 Å². The SMILES string of the molecule is Cc1cn(C(C)C)c(Nc2c(F)cc(F)cc2Cl)n1. The van der Waals surface area contributed by atoms with Gasteiger partial charge in [-0.2, -0.15) is 0 Å². The lowest BCUT2D eigenvalue weighted by molar-refractivity contribution is 0.583. The maximum absolute atomic E-state index is 13.7. The van der Waals surface area contributed by atoms with E-state index in [1.54, 1.807) is 0 Å². The van der Waals surface area contributed by atoms with E-state index in [2.05, 4.69) is 10.3 Å². The van der Waals surface area contributed by atoms with Gasteiger partial charge in [0, 0.05) is 18.3 Å². The van der Waals surface area contributed by atoms with Crippen LogP contribution >= 0.6 is 11.6 Å². The minimum absolute atomic E-state index is 0.0199. The van der Waals surface area contributed by atoms with Crippen molar-refractivity contribution in [2.75, 3.05) is 5.32 Å². The van der Waals surface area contributed by atoms with E-state index in [9.17, 15) is 8.78 Å². The summed E-state index contributed by atoms with van der Waals surface area (Å²) in [6.07, 6.45) is 1.85. The predicted molar refractivity (Wildman–Crippen MR) is 72.0 cm³/mol. The van der Waals surface area contributed by atoms with Crippen molar-refractivity contribution >= 4 is 23.2 Å². The monoisotopic (exact) mass is 285 g/mol. The van der Waals surface area contributed by atoms with Crippen LogP contribution in [0.25, 0.3) is 0 Å². The number of aromatic nitrogens is 2. The highest BCUT2D eigenvalue weighted by Crippen LogP contribution is 2.30. The Hall–Kier alpha value is -1.62. The Morgan fingerprint density at radius 1 is 1.32 bits per heavy atom. The van der Waals surface area contributed by atoms with Gasteiger partial charge in [-0.25, -0.2) is 13.8 Å². The van der Waals surface area contributed by atoms with Gasteiger partial charge in [-0.1, -0.05) is 11.6 Å². The first-order valence-electron chi connectivity index (χ1n) is 5.85. The molecule has 19 heavy (non-hydrogen) atoms. The lowest BCUT2D eigenvalue weighted by atomic mass is 10.3. The Balaban J connectivity index is 2.42. The Morgan fingerprint density at radius 3 is 2.58 bits per heavy atom. The molecule has 6 heteroatoms. The molecular formula is C13H14ClF2N3. The molecule has 0 bridgehead atoms. The fraction of sp³-hybridized carbons (Fsp3) is 0.308. The van der Waals surface area contributed by atoms with Gasteiger partial charge in [0.1, 0.15) is 5.82 Å². The third-order valence-electron chi connectivity index (χ3n) is 2.65. The number of halogens is 3. The van der Waals surface area contributed by atoms with Gasteiger partial charge in [0.05, 0.1) is 16.4 Å². The van der Waals surface area contributed by atoms with Crippen LogP contribution in [0.5, 0.6) is 0 Å². The second-order valence-electron chi connectivity index (χ2n) is 4.58. The standard InChI is InChI=1S/C13H14ClF2N3/c1-7(2)19-6-8(3)17-13(19)18-12-10(14)4-9(15)5-11(12)16/h4-7H,1-3H3,(H,17,18). The number of nitrogens with one attached hydrogen (secondary N) is 1. The van der Waals surface area contributed by atoms with Crippen LogP contribution in [0.3, 0.4) is 0 Å². The van der Waals surface area contributed by atoms with Crippen molar-refractivity contribution < 1.29 is 8.78 Å². The molecule has 0 aliphatic heterocycles. The summed E-state index contributed by atoms with van der Waals surface area (Å²) in [4.78, 5) is 4.26. The van der Waals surface area contributed by atoms with Gasteiger partial charge in [0.2, 0.25) is 5.95 Å². The van der Waals surface area contributed by atoms with Crippen LogP contribution in [0.1, 0.15) is 25.6 Å². The van der Waals surface area contributed by atoms with E-state index in [0.717, 1.165) is 17.8 Å². The Labute approximate surface area is 115 Å². The number of rotatable bonds is 3. The molecule has 2 rings (SSSR count). The molecule has 0 fully saturated rings. The minimum Gasteiger partial charge on any atom is -0.322 e. The summed E-state index contributed by atoms with van der Waals surface area (Å²) in [6.45, 7) is 5.80. The van der Waals surface area contributed by atoms with Gasteiger partial charge in [0.25, 0.3) is 0 Å². The van der Waals surface area contributed by atoms with Crippen LogP contribution in [0.15, 0.2) is 18.3 Å². The van der Waals surface area contributed by atoms with Crippen molar-refractivity contribution in [3.05, 3.63) is 40.7 Å². The van der Waals surface area contributed by atoms with E-state index >= 15 is 0 Å². The lowest BCUT2D eigenvalue weighted by Gasteiger charge is -2.14. The smallest absolute Gasteiger partial charge is 0.207 e. The first kappa shape index (κ1) is 13.8. The van der Waals surface area contributed by atoms with E-state index in [-0.39, 0.29) is 16.8 Å². The van der Waals surface area contributed by atoms with Crippen LogP contribution in [0, 0.1) is 18.6 Å². The zero-order valence-electron chi connectivity index (χ0n) is 10.8. The maximum Gasteiger partial charge on any atom is 0.207 e. The highest BCUT2D eigenvalue weighted by molar-refractivity contribution is 6.33. The highest BCUT2D eigenvalue weighted by atomic mass is 35.5. The lowest BCUT2D eigenvalue weighted by Crippen LogP contribution is -2.06. The average Bonchev–Trinajstić information content (AvgIpc) is 2.65. The van der Waals surface area contributed by atoms with Crippen molar-refractivity contribution in [3.8, 4) is 0 Å². The normalized spacial score (nSPS) is 11.1. The van der Waals surface area contributed by atoms with E-state index in [1.165, 1.54) is 0 Å². The molecule has 3 nitrogen and oxygen atoms in total. The summed E-state index contributed by atoms with van der Waals surface area (Å²) < 4.78 is 28.6. The van der Waals surface area contributed by atoms with Gasteiger partial charge in [0.15, 0.2) is 5.82 Å². The number of hydrogen-bond donors (Lipinski definition) is 1. The van der Waals surface area contributed by atoms with Crippen LogP contribution in [-0.2, 0) is 0 Å². The molecule has 0 unspecified atom stereocenters. The zero-order chi connectivity index (χ0) is 14.2. The molecule has 2 aromatic rings. The van der Waals surface area contributed by atoms with Gasteiger partial charge in [-0.15, -0.1) is 0 Å². The van der Waals surface area contributed by atoms with Crippen molar-refractivity contribution in [3.63, 3.8) is 0 Å². The number of benzene rings is 1. The molecule has 0 radical (unpaired) electrons. The fourth-order valence-electron chi connectivity index (χ4n) is 1.78. The first-order valence-corrected chi connectivity index (χ1v) is 6.23. The van der Waals surface area contributed by atoms with Crippen LogP contribution in [0.4, 0.5) is 20.4 Å². The zero-order valence-corrected chi connectivity index (χ0v) is 11.6. The number of hydrogen-bond acceptors (Lipinski definition) is 2. The minimum atomic E-state index is -0.749. The van der Waals surface area contributed by atoms with Crippen molar-refractivity contribution in [2.24, 2.45) is 0 Å². The van der Waals surface area contributed by atoms with E-state index < -0.39 is 11.6 Å². The van der Waals surface area contributed by atoms with Gasteiger partial charge < -0.3 is 9.88 Å². The van der Waals surface area contributed by atoms with Gasteiger partial charge in [-0.3, -0.25) is 0 Å². The predicted octanol–water partition coefficient (Wildman–Crippen LogP) is 4.45. The van der Waals surface area contributed by atoms with Crippen molar-refractivity contribution in [1.29, 1.82) is 0 Å². The fourth-order valence-corrected chi connectivity index (χ4v) is 2.02. The summed E-state index contributed by atoms with van der Waals surface area (Å²) in [5.74, 6) is -0.989. The summed E-state index contributed by atoms with van der Waals surface area (Å²) >= 11 is 5.84. The highest BCUT2D eigenvalue weighted by Gasteiger charge is 2.14. The molecule has 0 spiro atoms. The molecular weight excluding hydrogens is 272 g/mol. The Kier molecular flexibility index (Phi) is 3.75. The second-order valence-corrected chi connectivity index (χ2v) is 4.98. The van der Waals surface area contributed by atoms with Crippen LogP contribution in [0.2, 0.25) is 5.02 Å². The summed E-state index contributed by atoms with van der Waals surface area (Å²) in [6, 6.07) is 2.00. The number of anilines is 2. The third-order valence-corrected chi connectivity index (χ3v) is 2.95. The topological polar surface area (TPSA) is 29.9 Å². The molecule has 0 aliphatic rings. The molecule has 1 heterocycles. The van der Waals surface area contributed by atoms with Crippen molar-refractivity contribution in [1.82, 2.24) is 9.55 Å². The first-order chi connectivity index (χ1) is 8.88. The molecule has 1 aromatic carbocycles. The van der Waals surface area contributed by atoms with Gasteiger partial charge in [-0.05, 0) is 26.8 Å². The van der Waals surface area contributed by atoms with Crippen LogP contribution < -0.4 is 5.32 Å². The quantitative estimate of drug-likeness (QED) is 0.903.